The summed E-state index contributed by atoms with van der Waals surface area (Å²) >= 11 is 0. The molecule has 1 heterocycles. The Hall–Kier alpha value is -1.15. The molecule has 2 heteroatoms. The van der Waals surface area contributed by atoms with Crippen LogP contribution in [-0.2, 0) is 9.53 Å². The highest BCUT2D eigenvalue weighted by atomic mass is 16.5. The predicted octanol–water partition coefficient (Wildman–Crippen LogP) is 2.81. The van der Waals surface area contributed by atoms with Gasteiger partial charge in [-0.1, -0.05) is 30.4 Å². The Morgan fingerprint density at radius 3 is 3.00 bits per heavy atom. The first-order chi connectivity index (χ1) is 7.68. The Kier molecular flexibility index (Phi) is 3.10. The van der Waals surface area contributed by atoms with E-state index in [1.165, 1.54) is 11.6 Å². The van der Waals surface area contributed by atoms with Crippen LogP contribution in [0.25, 0.3) is 0 Å². The molecule has 1 saturated carbocycles. The van der Waals surface area contributed by atoms with E-state index in [0.29, 0.717) is 5.92 Å². The minimum absolute atomic E-state index is 0.0350. The molecule has 0 amide bonds. The zero-order chi connectivity index (χ0) is 11.6. The maximum atomic E-state index is 10.3. The third-order valence-electron chi connectivity index (χ3n) is 3.65. The number of ether oxygens (including phenoxy) is 1. The van der Waals surface area contributed by atoms with E-state index in [1.54, 1.807) is 0 Å². The minimum Gasteiger partial charge on any atom is -0.367 e. The minimum atomic E-state index is -0.0350. The molecule has 0 N–H and O–H groups in total. The zero-order valence-electron chi connectivity index (χ0n) is 9.69. The topological polar surface area (TPSA) is 26.3 Å². The maximum absolute atomic E-state index is 10.3. The van der Waals surface area contributed by atoms with Crippen molar-refractivity contribution in [1.82, 2.24) is 0 Å². The number of fused-ring (bicyclic) bond motifs is 1. The Labute approximate surface area is 96.7 Å². The molecule has 0 aromatic rings. The summed E-state index contributed by atoms with van der Waals surface area (Å²) in [6.07, 6.45) is 11.4. The number of rotatable bonds is 3. The van der Waals surface area contributed by atoms with E-state index in [9.17, 15) is 4.79 Å². The summed E-state index contributed by atoms with van der Waals surface area (Å²) in [6, 6.07) is 0. The van der Waals surface area contributed by atoms with Crippen molar-refractivity contribution in [2.75, 3.05) is 0 Å². The number of aldehydes is 1. The van der Waals surface area contributed by atoms with Crippen LogP contribution in [0.2, 0.25) is 0 Å². The lowest BCUT2D eigenvalue weighted by atomic mass is 9.92. The van der Waals surface area contributed by atoms with Gasteiger partial charge in [0, 0.05) is 0 Å². The van der Waals surface area contributed by atoms with Gasteiger partial charge in [-0.05, 0) is 38.2 Å². The van der Waals surface area contributed by atoms with Crippen molar-refractivity contribution in [3.63, 3.8) is 0 Å². The second-order valence-corrected chi connectivity index (χ2v) is 4.86. The third kappa shape index (κ3) is 2.03. The number of carbonyl (C=O) groups is 1. The first-order valence-corrected chi connectivity index (χ1v) is 5.78. The van der Waals surface area contributed by atoms with Crippen molar-refractivity contribution < 1.29 is 9.53 Å². The molecule has 2 aliphatic rings. The van der Waals surface area contributed by atoms with Crippen molar-refractivity contribution >= 4 is 6.29 Å². The Bertz CT molecular complexity index is 354. The Balaban J connectivity index is 2.05. The molecule has 1 aliphatic carbocycles. The molecular formula is C14H18O2. The van der Waals surface area contributed by atoms with Crippen molar-refractivity contribution in [3.8, 4) is 0 Å². The average molecular weight is 218 g/mol. The first-order valence-electron chi connectivity index (χ1n) is 5.78. The van der Waals surface area contributed by atoms with Crippen LogP contribution < -0.4 is 0 Å². The summed E-state index contributed by atoms with van der Waals surface area (Å²) in [6.45, 7) is 5.91. The second-order valence-electron chi connectivity index (χ2n) is 4.86. The zero-order valence-corrected chi connectivity index (χ0v) is 9.69. The molecule has 0 aromatic carbocycles. The fourth-order valence-electron chi connectivity index (χ4n) is 2.93. The van der Waals surface area contributed by atoms with Gasteiger partial charge in [-0.3, -0.25) is 4.79 Å². The maximum Gasteiger partial charge on any atom is 0.142 e. The van der Waals surface area contributed by atoms with E-state index >= 15 is 0 Å². The van der Waals surface area contributed by atoms with Gasteiger partial charge in [-0.15, -0.1) is 0 Å². The smallest absolute Gasteiger partial charge is 0.142 e. The fraction of sp³-hybridized carbons (Fsp3) is 0.500. The number of allylic oxidation sites excluding steroid dienone is 3. The quantitative estimate of drug-likeness (QED) is 0.538. The van der Waals surface area contributed by atoms with E-state index in [0.717, 1.165) is 25.5 Å². The van der Waals surface area contributed by atoms with Gasteiger partial charge in [0.05, 0.1) is 11.7 Å². The molecule has 0 radical (unpaired) electrons. The Morgan fingerprint density at radius 1 is 1.56 bits per heavy atom. The number of hydrogen-bond donors (Lipinski definition) is 0. The predicted molar refractivity (Wildman–Crippen MR) is 64.1 cm³/mol. The second kappa shape index (κ2) is 4.38. The van der Waals surface area contributed by atoms with Gasteiger partial charge in [0.2, 0.25) is 0 Å². The van der Waals surface area contributed by atoms with Gasteiger partial charge in [0.15, 0.2) is 0 Å². The molecular weight excluding hydrogens is 200 g/mol. The molecule has 2 rings (SSSR count). The van der Waals surface area contributed by atoms with Crippen molar-refractivity contribution in [3.05, 3.63) is 36.5 Å². The fourth-order valence-corrected chi connectivity index (χ4v) is 2.93. The molecule has 2 fully saturated rings. The standard InChI is InChI=1S/C14H18O2/c1-3-5-11-8-12-9-13(6-4-7-15)16-14(12,2)10-11/h3-7,12-13H,1,8-10H2,2H3/b6-4+,11-5+/t12-,13+,14-/m0/s1. The third-order valence-corrected chi connectivity index (χ3v) is 3.65. The summed E-state index contributed by atoms with van der Waals surface area (Å²) in [5.41, 5.74) is 1.40. The average Bonchev–Trinajstić information content (AvgIpc) is 2.66. The highest BCUT2D eigenvalue weighted by Crippen LogP contribution is 2.50. The molecule has 0 aromatic heterocycles. The van der Waals surface area contributed by atoms with Crippen LogP contribution >= 0.6 is 0 Å². The van der Waals surface area contributed by atoms with Crippen LogP contribution in [0.5, 0.6) is 0 Å². The van der Waals surface area contributed by atoms with Crippen molar-refractivity contribution in [2.45, 2.75) is 37.9 Å². The molecule has 16 heavy (non-hydrogen) atoms. The normalized spacial score (nSPS) is 40.4. The number of hydrogen-bond acceptors (Lipinski definition) is 2. The SMILES string of the molecule is C=C/C=C1\C[C@H]2C[C@@H](/C=C/C=O)O[C@@]2(C)C1. The van der Waals surface area contributed by atoms with Gasteiger partial charge in [-0.2, -0.15) is 0 Å². The summed E-state index contributed by atoms with van der Waals surface area (Å²) in [5.74, 6) is 0.583. The molecule has 0 unspecified atom stereocenters. The van der Waals surface area contributed by atoms with Gasteiger partial charge in [0.1, 0.15) is 6.29 Å². The van der Waals surface area contributed by atoms with Crippen molar-refractivity contribution in [1.29, 1.82) is 0 Å². The van der Waals surface area contributed by atoms with Crippen LogP contribution in [0.3, 0.4) is 0 Å². The molecule has 1 saturated heterocycles. The molecule has 0 bridgehead atoms. The summed E-state index contributed by atoms with van der Waals surface area (Å²) in [5, 5.41) is 0. The molecule has 86 valence electrons. The first kappa shape index (κ1) is 11.3. The van der Waals surface area contributed by atoms with Crippen LogP contribution in [0, 0.1) is 5.92 Å². The van der Waals surface area contributed by atoms with Gasteiger partial charge in [-0.25, -0.2) is 0 Å². The van der Waals surface area contributed by atoms with E-state index in [1.807, 2.05) is 12.2 Å². The molecule has 0 spiro atoms. The Morgan fingerprint density at radius 2 is 2.38 bits per heavy atom. The van der Waals surface area contributed by atoms with Crippen LogP contribution in [0.1, 0.15) is 26.2 Å². The highest BCUT2D eigenvalue weighted by Gasteiger charge is 2.48. The van der Waals surface area contributed by atoms with Crippen LogP contribution in [-0.4, -0.2) is 18.0 Å². The number of carbonyl (C=O) groups excluding carboxylic acids is 1. The summed E-state index contributed by atoms with van der Waals surface area (Å²) in [7, 11) is 0. The molecule has 3 atom stereocenters. The monoisotopic (exact) mass is 218 g/mol. The molecule has 2 nitrogen and oxygen atoms in total. The van der Waals surface area contributed by atoms with Gasteiger partial charge >= 0.3 is 0 Å². The largest absolute Gasteiger partial charge is 0.367 e. The lowest BCUT2D eigenvalue weighted by Crippen LogP contribution is -2.26. The van der Waals surface area contributed by atoms with E-state index in [4.69, 9.17) is 4.74 Å². The van der Waals surface area contributed by atoms with E-state index < -0.39 is 0 Å². The summed E-state index contributed by atoms with van der Waals surface area (Å²) in [4.78, 5) is 10.3. The van der Waals surface area contributed by atoms with Gasteiger partial charge in [0.25, 0.3) is 0 Å². The van der Waals surface area contributed by atoms with Crippen molar-refractivity contribution in [2.24, 2.45) is 5.92 Å². The van der Waals surface area contributed by atoms with Crippen LogP contribution in [0.15, 0.2) is 36.5 Å². The highest BCUT2D eigenvalue weighted by molar-refractivity contribution is 5.64. The van der Waals surface area contributed by atoms with Gasteiger partial charge < -0.3 is 4.74 Å². The lowest BCUT2D eigenvalue weighted by Gasteiger charge is -2.22. The molecule has 1 aliphatic heterocycles. The van der Waals surface area contributed by atoms with E-state index in [2.05, 4.69) is 19.6 Å². The van der Waals surface area contributed by atoms with Crippen LogP contribution in [0.4, 0.5) is 0 Å². The summed E-state index contributed by atoms with van der Waals surface area (Å²) < 4.78 is 6.03. The lowest BCUT2D eigenvalue weighted by molar-refractivity contribution is -0.104. The van der Waals surface area contributed by atoms with E-state index in [-0.39, 0.29) is 11.7 Å².